The fourth-order valence-corrected chi connectivity index (χ4v) is 2.99. The summed E-state index contributed by atoms with van der Waals surface area (Å²) in [6.07, 6.45) is 0.965. The molecule has 3 nitrogen and oxygen atoms in total. The van der Waals surface area contributed by atoms with Gasteiger partial charge in [0.2, 0.25) is 0 Å². The molecule has 1 aliphatic rings. The number of hydrogen-bond donors (Lipinski definition) is 1. The second-order valence-corrected chi connectivity index (χ2v) is 6.05. The molecule has 0 radical (unpaired) electrons. The van der Waals surface area contributed by atoms with Crippen molar-refractivity contribution in [1.82, 2.24) is 5.32 Å². The fourth-order valence-electron chi connectivity index (χ4n) is 2.73. The second kappa shape index (κ2) is 6.08. The zero-order valence-corrected chi connectivity index (χ0v) is 13.7. The lowest BCUT2D eigenvalue weighted by atomic mass is 9.93. The zero-order valence-electron chi connectivity index (χ0n) is 12.1. The van der Waals surface area contributed by atoms with E-state index in [0.29, 0.717) is 0 Å². The number of rotatable bonds is 3. The quantitative estimate of drug-likeness (QED) is 0.900. The molecular weight excluding hydrogens is 330 g/mol. The van der Waals surface area contributed by atoms with Crippen LogP contribution in [-0.4, -0.2) is 14.2 Å². The molecule has 0 bridgehead atoms. The second-order valence-electron chi connectivity index (χ2n) is 5.14. The Labute approximate surface area is 133 Å². The molecule has 110 valence electrons. The minimum atomic E-state index is 0.0511. The third-order valence-corrected chi connectivity index (χ3v) is 4.43. The van der Waals surface area contributed by atoms with Crippen LogP contribution in [0.1, 0.15) is 29.7 Å². The van der Waals surface area contributed by atoms with Crippen molar-refractivity contribution in [1.29, 1.82) is 0 Å². The monoisotopic (exact) mass is 347 g/mol. The highest BCUT2D eigenvalue weighted by Crippen LogP contribution is 2.42. The van der Waals surface area contributed by atoms with Crippen LogP contribution >= 0.6 is 15.9 Å². The summed E-state index contributed by atoms with van der Waals surface area (Å²) >= 11 is 3.47. The summed E-state index contributed by atoms with van der Waals surface area (Å²) in [4.78, 5) is 0. The Morgan fingerprint density at radius 3 is 2.62 bits per heavy atom. The summed E-state index contributed by atoms with van der Waals surface area (Å²) < 4.78 is 12.6. The van der Waals surface area contributed by atoms with Crippen LogP contribution in [0.5, 0.6) is 11.5 Å². The number of nitrogens with one attached hydrogen (secondary N) is 1. The van der Waals surface area contributed by atoms with Crippen LogP contribution in [0, 0.1) is 0 Å². The van der Waals surface area contributed by atoms with Gasteiger partial charge in [0.25, 0.3) is 0 Å². The molecule has 1 N–H and O–H groups in total. The van der Waals surface area contributed by atoms with Gasteiger partial charge in [-0.2, -0.15) is 0 Å². The molecule has 1 heterocycles. The number of ether oxygens (including phenoxy) is 2. The Balaban J connectivity index is 1.94. The fraction of sp³-hybridized carbons (Fsp3) is 0.294. The topological polar surface area (TPSA) is 30.5 Å². The SMILES string of the molecule is CNC1CC(c2ccc(Br)cc2)Oc2cc(OC)ccc21. The first-order valence-electron chi connectivity index (χ1n) is 6.98. The molecule has 0 saturated heterocycles. The molecule has 21 heavy (non-hydrogen) atoms. The molecule has 3 rings (SSSR count). The number of fused-ring (bicyclic) bond motifs is 1. The molecule has 4 heteroatoms. The Hall–Kier alpha value is -1.52. The van der Waals surface area contributed by atoms with Crippen molar-refractivity contribution in [2.75, 3.05) is 14.2 Å². The van der Waals surface area contributed by atoms with Crippen LogP contribution in [0.15, 0.2) is 46.9 Å². The van der Waals surface area contributed by atoms with Crippen molar-refractivity contribution in [2.24, 2.45) is 0 Å². The van der Waals surface area contributed by atoms with Gasteiger partial charge in [-0.1, -0.05) is 34.1 Å². The van der Waals surface area contributed by atoms with E-state index in [2.05, 4.69) is 39.4 Å². The third kappa shape index (κ3) is 2.92. The maximum atomic E-state index is 6.20. The highest BCUT2D eigenvalue weighted by Gasteiger charge is 2.28. The van der Waals surface area contributed by atoms with E-state index in [1.165, 1.54) is 11.1 Å². The smallest absolute Gasteiger partial charge is 0.128 e. The minimum absolute atomic E-state index is 0.0511. The number of hydrogen-bond acceptors (Lipinski definition) is 3. The largest absolute Gasteiger partial charge is 0.497 e. The number of halogens is 1. The van der Waals surface area contributed by atoms with E-state index in [9.17, 15) is 0 Å². The maximum Gasteiger partial charge on any atom is 0.128 e. The Morgan fingerprint density at radius 2 is 1.95 bits per heavy atom. The summed E-state index contributed by atoms with van der Waals surface area (Å²) in [6.45, 7) is 0. The van der Waals surface area contributed by atoms with E-state index in [1.807, 2.05) is 31.3 Å². The van der Waals surface area contributed by atoms with E-state index >= 15 is 0 Å². The van der Waals surface area contributed by atoms with Gasteiger partial charge in [0, 0.05) is 28.6 Å². The highest BCUT2D eigenvalue weighted by molar-refractivity contribution is 9.10. The van der Waals surface area contributed by atoms with E-state index in [-0.39, 0.29) is 12.1 Å². The zero-order chi connectivity index (χ0) is 14.8. The van der Waals surface area contributed by atoms with Crippen molar-refractivity contribution in [3.05, 3.63) is 58.1 Å². The molecule has 0 aromatic heterocycles. The van der Waals surface area contributed by atoms with E-state index < -0.39 is 0 Å². The van der Waals surface area contributed by atoms with Crippen LogP contribution in [0.25, 0.3) is 0 Å². The summed E-state index contributed by atoms with van der Waals surface area (Å²) in [6, 6.07) is 14.6. The molecule has 0 saturated carbocycles. The van der Waals surface area contributed by atoms with Crippen molar-refractivity contribution < 1.29 is 9.47 Å². The van der Waals surface area contributed by atoms with Gasteiger partial charge in [0.05, 0.1) is 7.11 Å². The van der Waals surface area contributed by atoms with Gasteiger partial charge < -0.3 is 14.8 Å². The molecule has 0 spiro atoms. The minimum Gasteiger partial charge on any atom is -0.497 e. The first-order valence-corrected chi connectivity index (χ1v) is 7.78. The standard InChI is InChI=1S/C17H18BrNO2/c1-19-15-10-16(11-3-5-12(18)6-4-11)21-17-9-13(20-2)7-8-14(15)17/h3-9,15-16,19H,10H2,1-2H3. The van der Waals surface area contributed by atoms with Gasteiger partial charge in [-0.25, -0.2) is 0 Å². The van der Waals surface area contributed by atoms with E-state index in [0.717, 1.165) is 22.4 Å². The summed E-state index contributed by atoms with van der Waals surface area (Å²) in [5, 5.41) is 3.38. The molecule has 0 aliphatic carbocycles. The van der Waals surface area contributed by atoms with Gasteiger partial charge in [-0.3, -0.25) is 0 Å². The van der Waals surface area contributed by atoms with Crippen LogP contribution in [0.2, 0.25) is 0 Å². The van der Waals surface area contributed by atoms with Crippen molar-refractivity contribution in [2.45, 2.75) is 18.6 Å². The molecule has 1 aliphatic heterocycles. The van der Waals surface area contributed by atoms with Crippen molar-refractivity contribution >= 4 is 15.9 Å². The van der Waals surface area contributed by atoms with Gasteiger partial charge in [0.1, 0.15) is 17.6 Å². The average Bonchev–Trinajstić information content (AvgIpc) is 2.53. The highest BCUT2D eigenvalue weighted by atomic mass is 79.9. The molecule has 2 aromatic carbocycles. The molecule has 0 amide bonds. The summed E-state index contributed by atoms with van der Waals surface area (Å²) in [5.41, 5.74) is 2.37. The Kier molecular flexibility index (Phi) is 4.17. The van der Waals surface area contributed by atoms with Gasteiger partial charge in [0.15, 0.2) is 0 Å². The lowest BCUT2D eigenvalue weighted by molar-refractivity contribution is 0.153. The molecule has 2 unspecified atom stereocenters. The van der Waals surface area contributed by atoms with Crippen LogP contribution in [0.3, 0.4) is 0 Å². The Bertz CT molecular complexity index is 627. The average molecular weight is 348 g/mol. The van der Waals surface area contributed by atoms with Gasteiger partial charge >= 0.3 is 0 Å². The first kappa shape index (κ1) is 14.4. The van der Waals surface area contributed by atoms with Gasteiger partial charge in [-0.05, 0) is 30.8 Å². The van der Waals surface area contributed by atoms with Gasteiger partial charge in [-0.15, -0.1) is 0 Å². The summed E-state index contributed by atoms with van der Waals surface area (Å²) in [7, 11) is 3.66. The predicted molar refractivity (Wildman–Crippen MR) is 86.9 cm³/mol. The van der Waals surface area contributed by atoms with E-state index in [4.69, 9.17) is 9.47 Å². The number of benzene rings is 2. The van der Waals surface area contributed by atoms with Crippen molar-refractivity contribution in [3.8, 4) is 11.5 Å². The lowest BCUT2D eigenvalue weighted by Crippen LogP contribution is -2.26. The maximum absolute atomic E-state index is 6.20. The number of methoxy groups -OCH3 is 1. The molecular formula is C17H18BrNO2. The summed E-state index contributed by atoms with van der Waals surface area (Å²) in [5.74, 6) is 1.72. The third-order valence-electron chi connectivity index (χ3n) is 3.91. The Morgan fingerprint density at radius 1 is 1.19 bits per heavy atom. The molecule has 2 aromatic rings. The molecule has 2 atom stereocenters. The normalized spacial score (nSPS) is 20.5. The van der Waals surface area contributed by atoms with E-state index in [1.54, 1.807) is 7.11 Å². The van der Waals surface area contributed by atoms with Crippen molar-refractivity contribution in [3.63, 3.8) is 0 Å². The predicted octanol–water partition coefficient (Wildman–Crippen LogP) is 4.24. The van der Waals surface area contributed by atoms with Crippen LogP contribution in [-0.2, 0) is 0 Å². The van der Waals surface area contributed by atoms with Crippen LogP contribution < -0.4 is 14.8 Å². The van der Waals surface area contributed by atoms with Crippen LogP contribution in [0.4, 0.5) is 0 Å². The molecule has 0 fully saturated rings. The first-order chi connectivity index (χ1) is 10.2. The lowest BCUT2D eigenvalue weighted by Gasteiger charge is -2.32.